The highest BCUT2D eigenvalue weighted by molar-refractivity contribution is 5.73. The first-order chi connectivity index (χ1) is 8.02. The standard InChI is InChI=1S/C11H21F3N2O2/c1-8(17)6-10(2,3)7-16-9(18)15-5-4-11(12,13)14/h8,17H,4-7H2,1-3H3,(H2,15,16,18). The molecule has 0 aliphatic rings. The SMILES string of the molecule is CC(O)CC(C)(C)CNC(=O)NCCC(F)(F)F. The summed E-state index contributed by atoms with van der Waals surface area (Å²) in [5, 5.41) is 13.8. The Balaban J connectivity index is 3.83. The van der Waals surface area contributed by atoms with Crippen molar-refractivity contribution in [3.8, 4) is 0 Å². The number of carbonyl (C=O) groups is 1. The van der Waals surface area contributed by atoms with Crippen molar-refractivity contribution >= 4 is 6.03 Å². The second-order valence-electron chi connectivity index (χ2n) is 5.19. The Bertz CT molecular complexity index is 266. The Hall–Kier alpha value is -0.980. The molecule has 1 atom stereocenters. The molecule has 0 spiro atoms. The van der Waals surface area contributed by atoms with Crippen molar-refractivity contribution in [2.45, 2.75) is 45.9 Å². The zero-order chi connectivity index (χ0) is 14.4. The van der Waals surface area contributed by atoms with Crippen molar-refractivity contribution in [1.29, 1.82) is 0 Å². The predicted octanol–water partition coefficient (Wildman–Crippen LogP) is 2.04. The van der Waals surface area contributed by atoms with Gasteiger partial charge in [0.2, 0.25) is 0 Å². The summed E-state index contributed by atoms with van der Waals surface area (Å²) in [6.45, 7) is 5.21. The van der Waals surface area contributed by atoms with Gasteiger partial charge in [0.1, 0.15) is 0 Å². The van der Waals surface area contributed by atoms with Crippen LogP contribution in [0, 0.1) is 5.41 Å². The molecule has 0 saturated heterocycles. The number of carbonyl (C=O) groups excluding carboxylic acids is 1. The van der Waals surface area contributed by atoms with Crippen LogP contribution in [-0.4, -0.2) is 36.5 Å². The Morgan fingerprint density at radius 1 is 1.28 bits per heavy atom. The molecule has 0 aliphatic carbocycles. The summed E-state index contributed by atoms with van der Waals surface area (Å²) in [7, 11) is 0. The van der Waals surface area contributed by atoms with Crippen molar-refractivity contribution in [2.24, 2.45) is 5.41 Å². The van der Waals surface area contributed by atoms with Crippen LogP contribution >= 0.6 is 0 Å². The topological polar surface area (TPSA) is 61.4 Å². The lowest BCUT2D eigenvalue weighted by molar-refractivity contribution is -0.132. The van der Waals surface area contributed by atoms with Crippen LogP contribution in [0.4, 0.5) is 18.0 Å². The molecule has 0 fully saturated rings. The third-order valence-electron chi connectivity index (χ3n) is 2.27. The largest absolute Gasteiger partial charge is 0.393 e. The molecular formula is C11H21F3N2O2. The van der Waals surface area contributed by atoms with E-state index in [1.54, 1.807) is 6.92 Å². The van der Waals surface area contributed by atoms with Crippen LogP contribution < -0.4 is 10.6 Å². The van der Waals surface area contributed by atoms with E-state index in [-0.39, 0.29) is 12.0 Å². The average molecular weight is 270 g/mol. The Morgan fingerprint density at radius 2 is 1.83 bits per heavy atom. The second kappa shape index (κ2) is 6.82. The number of aliphatic hydroxyl groups is 1. The molecule has 0 aliphatic heterocycles. The Kier molecular flexibility index (Phi) is 6.45. The molecule has 108 valence electrons. The lowest BCUT2D eigenvalue weighted by Gasteiger charge is -2.26. The molecule has 0 rings (SSSR count). The Morgan fingerprint density at radius 3 is 2.28 bits per heavy atom. The molecule has 3 N–H and O–H groups in total. The summed E-state index contributed by atoms with van der Waals surface area (Å²) < 4.78 is 35.5. The van der Waals surface area contributed by atoms with Gasteiger partial charge in [-0.25, -0.2) is 4.79 Å². The molecule has 0 bridgehead atoms. The zero-order valence-electron chi connectivity index (χ0n) is 10.9. The van der Waals surface area contributed by atoms with Crippen LogP contribution in [0.5, 0.6) is 0 Å². The first kappa shape index (κ1) is 17.0. The van der Waals surface area contributed by atoms with Gasteiger partial charge in [-0.15, -0.1) is 0 Å². The van der Waals surface area contributed by atoms with E-state index in [2.05, 4.69) is 10.6 Å². The molecule has 0 aromatic carbocycles. The van der Waals surface area contributed by atoms with E-state index in [4.69, 9.17) is 0 Å². The van der Waals surface area contributed by atoms with Crippen molar-refractivity contribution in [2.75, 3.05) is 13.1 Å². The minimum Gasteiger partial charge on any atom is -0.393 e. The van der Waals surface area contributed by atoms with E-state index in [0.29, 0.717) is 6.42 Å². The minimum absolute atomic E-state index is 0.287. The van der Waals surface area contributed by atoms with Gasteiger partial charge in [0, 0.05) is 13.1 Å². The van der Waals surface area contributed by atoms with E-state index < -0.39 is 31.3 Å². The summed E-state index contributed by atoms with van der Waals surface area (Å²) in [6, 6.07) is -0.627. The van der Waals surface area contributed by atoms with Crippen LogP contribution in [0.2, 0.25) is 0 Å². The summed E-state index contributed by atoms with van der Waals surface area (Å²) in [6.07, 6.45) is -5.30. The maximum atomic E-state index is 11.8. The lowest BCUT2D eigenvalue weighted by atomic mass is 9.87. The van der Waals surface area contributed by atoms with Crippen molar-refractivity contribution in [1.82, 2.24) is 10.6 Å². The minimum atomic E-state index is -4.27. The number of hydrogen-bond donors (Lipinski definition) is 3. The van der Waals surface area contributed by atoms with Gasteiger partial charge in [-0.05, 0) is 18.8 Å². The van der Waals surface area contributed by atoms with E-state index in [0.717, 1.165) is 0 Å². The average Bonchev–Trinajstić information content (AvgIpc) is 2.10. The molecule has 0 aromatic heterocycles. The Labute approximate surface area is 105 Å². The normalized spacial score (nSPS) is 14.2. The second-order valence-corrected chi connectivity index (χ2v) is 5.19. The number of hydrogen-bond acceptors (Lipinski definition) is 2. The van der Waals surface area contributed by atoms with Gasteiger partial charge in [-0.1, -0.05) is 13.8 Å². The first-order valence-electron chi connectivity index (χ1n) is 5.78. The number of alkyl halides is 3. The summed E-state index contributed by atoms with van der Waals surface area (Å²) in [5.41, 5.74) is -0.310. The van der Waals surface area contributed by atoms with Gasteiger partial charge < -0.3 is 15.7 Å². The monoisotopic (exact) mass is 270 g/mol. The van der Waals surface area contributed by atoms with Gasteiger partial charge in [-0.3, -0.25) is 0 Å². The van der Waals surface area contributed by atoms with Gasteiger partial charge in [-0.2, -0.15) is 13.2 Å². The number of nitrogens with one attached hydrogen (secondary N) is 2. The molecule has 0 heterocycles. The van der Waals surface area contributed by atoms with Crippen LogP contribution in [0.25, 0.3) is 0 Å². The van der Waals surface area contributed by atoms with E-state index >= 15 is 0 Å². The smallest absolute Gasteiger partial charge is 0.390 e. The van der Waals surface area contributed by atoms with Crippen LogP contribution in [-0.2, 0) is 0 Å². The fraction of sp³-hybridized carbons (Fsp3) is 0.909. The summed E-state index contributed by atoms with van der Waals surface area (Å²) >= 11 is 0. The predicted molar refractivity (Wildman–Crippen MR) is 62.2 cm³/mol. The molecule has 0 aromatic rings. The van der Waals surface area contributed by atoms with Crippen molar-refractivity contribution < 1.29 is 23.1 Å². The highest BCUT2D eigenvalue weighted by Crippen LogP contribution is 2.21. The first-order valence-corrected chi connectivity index (χ1v) is 5.78. The van der Waals surface area contributed by atoms with Crippen molar-refractivity contribution in [3.05, 3.63) is 0 Å². The quantitative estimate of drug-likeness (QED) is 0.691. The maximum absolute atomic E-state index is 11.8. The van der Waals surface area contributed by atoms with Gasteiger partial charge in [0.05, 0.1) is 12.5 Å². The molecule has 2 amide bonds. The molecule has 1 unspecified atom stereocenters. The number of halogens is 3. The third kappa shape index (κ3) is 10.2. The zero-order valence-corrected chi connectivity index (χ0v) is 10.9. The maximum Gasteiger partial charge on any atom is 0.390 e. The number of amides is 2. The molecule has 4 nitrogen and oxygen atoms in total. The number of urea groups is 1. The third-order valence-corrected chi connectivity index (χ3v) is 2.27. The summed E-state index contributed by atoms with van der Waals surface area (Å²) in [5.74, 6) is 0. The molecule has 18 heavy (non-hydrogen) atoms. The van der Waals surface area contributed by atoms with Crippen LogP contribution in [0.3, 0.4) is 0 Å². The number of aliphatic hydroxyl groups excluding tert-OH is 1. The molecule has 0 saturated carbocycles. The number of rotatable bonds is 6. The lowest BCUT2D eigenvalue weighted by Crippen LogP contribution is -2.42. The molecule has 7 heteroatoms. The van der Waals surface area contributed by atoms with Crippen LogP contribution in [0.1, 0.15) is 33.6 Å². The summed E-state index contributed by atoms with van der Waals surface area (Å²) in [4.78, 5) is 11.2. The fourth-order valence-corrected chi connectivity index (χ4v) is 1.57. The molecule has 0 radical (unpaired) electrons. The van der Waals surface area contributed by atoms with E-state index in [1.165, 1.54) is 0 Å². The van der Waals surface area contributed by atoms with E-state index in [9.17, 15) is 23.1 Å². The van der Waals surface area contributed by atoms with Crippen LogP contribution in [0.15, 0.2) is 0 Å². The van der Waals surface area contributed by atoms with E-state index in [1.807, 2.05) is 13.8 Å². The highest BCUT2D eigenvalue weighted by Gasteiger charge is 2.26. The molecular weight excluding hydrogens is 249 g/mol. The van der Waals surface area contributed by atoms with Gasteiger partial charge in [0.25, 0.3) is 0 Å². The van der Waals surface area contributed by atoms with Gasteiger partial charge >= 0.3 is 12.2 Å². The highest BCUT2D eigenvalue weighted by atomic mass is 19.4. The van der Waals surface area contributed by atoms with Crippen molar-refractivity contribution in [3.63, 3.8) is 0 Å². The van der Waals surface area contributed by atoms with Gasteiger partial charge in [0.15, 0.2) is 0 Å². The fourth-order valence-electron chi connectivity index (χ4n) is 1.57.